The Morgan fingerprint density at radius 3 is 2.74 bits per heavy atom. The summed E-state index contributed by atoms with van der Waals surface area (Å²) in [5, 5.41) is 0. The lowest BCUT2D eigenvalue weighted by Crippen LogP contribution is -2.39. The molecule has 1 aliphatic heterocycles. The molecule has 1 aromatic rings. The van der Waals surface area contributed by atoms with E-state index in [-0.39, 0.29) is 11.5 Å². The van der Waals surface area contributed by atoms with E-state index in [1.54, 1.807) is 0 Å². The summed E-state index contributed by atoms with van der Waals surface area (Å²) in [6.45, 7) is 11.5. The highest BCUT2D eigenvalue weighted by molar-refractivity contribution is 5.62. The van der Waals surface area contributed by atoms with E-state index in [1.165, 1.54) is 11.3 Å². The summed E-state index contributed by atoms with van der Waals surface area (Å²) < 4.78 is 5.94. The van der Waals surface area contributed by atoms with Crippen LogP contribution in [0.3, 0.4) is 0 Å². The number of nitrogens with two attached hydrogens (primary N) is 1. The molecule has 0 fully saturated rings. The number of nitrogens with zero attached hydrogens (tertiary/aromatic N) is 1. The van der Waals surface area contributed by atoms with Gasteiger partial charge in [-0.1, -0.05) is 26.8 Å². The minimum absolute atomic E-state index is 0.164. The first kappa shape index (κ1) is 14.2. The van der Waals surface area contributed by atoms with E-state index >= 15 is 0 Å². The Kier molecular flexibility index (Phi) is 4.04. The molecule has 1 heterocycles. The van der Waals surface area contributed by atoms with Crippen LogP contribution in [-0.4, -0.2) is 25.7 Å². The van der Waals surface area contributed by atoms with Crippen LogP contribution in [0.25, 0.3) is 0 Å². The smallest absolute Gasteiger partial charge is 0.143 e. The number of anilines is 1. The van der Waals surface area contributed by atoms with Crippen LogP contribution in [0, 0.1) is 0 Å². The molecule has 19 heavy (non-hydrogen) atoms. The molecular weight excluding hydrogens is 236 g/mol. The van der Waals surface area contributed by atoms with Crippen molar-refractivity contribution in [3.05, 3.63) is 23.8 Å². The SMILES string of the molecule is CC1CN(CCCN)c2cc(C(C)(C)C)ccc2O1. The van der Waals surface area contributed by atoms with E-state index in [9.17, 15) is 0 Å². The lowest BCUT2D eigenvalue weighted by Gasteiger charge is -2.36. The zero-order valence-corrected chi connectivity index (χ0v) is 12.6. The molecular formula is C16H26N2O. The molecule has 3 nitrogen and oxygen atoms in total. The average Bonchev–Trinajstić information content (AvgIpc) is 2.34. The van der Waals surface area contributed by atoms with Gasteiger partial charge in [0.1, 0.15) is 11.9 Å². The Bertz CT molecular complexity index is 437. The summed E-state index contributed by atoms with van der Waals surface area (Å²) >= 11 is 0. The summed E-state index contributed by atoms with van der Waals surface area (Å²) in [5.41, 5.74) is 8.38. The fourth-order valence-electron chi connectivity index (χ4n) is 2.49. The van der Waals surface area contributed by atoms with Gasteiger partial charge in [0, 0.05) is 6.54 Å². The normalized spacial score (nSPS) is 19.0. The molecule has 0 aliphatic carbocycles. The third-order valence-electron chi connectivity index (χ3n) is 3.60. The van der Waals surface area contributed by atoms with E-state index in [4.69, 9.17) is 10.5 Å². The van der Waals surface area contributed by atoms with Crippen molar-refractivity contribution in [2.24, 2.45) is 5.73 Å². The molecule has 0 amide bonds. The molecule has 1 unspecified atom stereocenters. The Hall–Kier alpha value is -1.22. The van der Waals surface area contributed by atoms with Gasteiger partial charge < -0.3 is 15.4 Å². The minimum Gasteiger partial charge on any atom is -0.487 e. The molecule has 0 bridgehead atoms. The minimum atomic E-state index is 0.164. The summed E-state index contributed by atoms with van der Waals surface area (Å²) in [5.74, 6) is 1.00. The van der Waals surface area contributed by atoms with Crippen molar-refractivity contribution >= 4 is 5.69 Å². The second-order valence-electron chi connectivity index (χ2n) is 6.45. The van der Waals surface area contributed by atoms with Crippen molar-refractivity contribution in [1.29, 1.82) is 0 Å². The van der Waals surface area contributed by atoms with Gasteiger partial charge >= 0.3 is 0 Å². The highest BCUT2D eigenvalue weighted by Crippen LogP contribution is 2.37. The Morgan fingerprint density at radius 2 is 2.11 bits per heavy atom. The van der Waals surface area contributed by atoms with Gasteiger partial charge in [-0.05, 0) is 43.0 Å². The van der Waals surface area contributed by atoms with Gasteiger partial charge in [0.2, 0.25) is 0 Å². The second-order valence-corrected chi connectivity index (χ2v) is 6.45. The van der Waals surface area contributed by atoms with Crippen molar-refractivity contribution in [1.82, 2.24) is 0 Å². The zero-order chi connectivity index (χ0) is 14.0. The monoisotopic (exact) mass is 262 g/mol. The lowest BCUT2D eigenvalue weighted by molar-refractivity contribution is 0.212. The largest absolute Gasteiger partial charge is 0.487 e. The topological polar surface area (TPSA) is 38.5 Å². The van der Waals surface area contributed by atoms with Gasteiger partial charge in [0.15, 0.2) is 0 Å². The molecule has 1 aromatic carbocycles. The Morgan fingerprint density at radius 1 is 1.37 bits per heavy atom. The average molecular weight is 262 g/mol. The van der Waals surface area contributed by atoms with Crippen molar-refractivity contribution in [2.45, 2.75) is 45.6 Å². The van der Waals surface area contributed by atoms with Gasteiger partial charge in [0.05, 0.1) is 12.2 Å². The molecule has 2 N–H and O–H groups in total. The molecule has 0 saturated carbocycles. The van der Waals surface area contributed by atoms with Crippen LogP contribution >= 0.6 is 0 Å². The number of benzene rings is 1. The van der Waals surface area contributed by atoms with Crippen molar-refractivity contribution in [3.63, 3.8) is 0 Å². The van der Waals surface area contributed by atoms with E-state index in [2.05, 4.69) is 50.8 Å². The molecule has 0 radical (unpaired) electrons. The number of hydrogen-bond donors (Lipinski definition) is 1. The highest BCUT2D eigenvalue weighted by atomic mass is 16.5. The van der Waals surface area contributed by atoms with Gasteiger partial charge in [-0.25, -0.2) is 0 Å². The van der Waals surface area contributed by atoms with Crippen molar-refractivity contribution < 1.29 is 4.74 Å². The summed E-state index contributed by atoms with van der Waals surface area (Å²) in [7, 11) is 0. The van der Waals surface area contributed by atoms with E-state index < -0.39 is 0 Å². The van der Waals surface area contributed by atoms with Gasteiger partial charge in [0.25, 0.3) is 0 Å². The highest BCUT2D eigenvalue weighted by Gasteiger charge is 2.24. The third-order valence-corrected chi connectivity index (χ3v) is 3.60. The second kappa shape index (κ2) is 5.41. The number of ether oxygens (including phenoxy) is 1. The fraction of sp³-hybridized carbons (Fsp3) is 0.625. The maximum Gasteiger partial charge on any atom is 0.143 e. The predicted molar refractivity (Wildman–Crippen MR) is 81.1 cm³/mol. The molecule has 0 spiro atoms. The zero-order valence-electron chi connectivity index (χ0n) is 12.6. The molecule has 1 aliphatic rings. The summed E-state index contributed by atoms with van der Waals surface area (Å²) in [6.07, 6.45) is 1.26. The van der Waals surface area contributed by atoms with Gasteiger partial charge in [-0.15, -0.1) is 0 Å². The fourth-order valence-corrected chi connectivity index (χ4v) is 2.49. The van der Waals surface area contributed by atoms with E-state index in [0.29, 0.717) is 0 Å². The summed E-state index contributed by atoms with van der Waals surface area (Å²) in [6, 6.07) is 6.57. The third kappa shape index (κ3) is 3.21. The molecule has 0 aromatic heterocycles. The molecule has 2 rings (SSSR count). The van der Waals surface area contributed by atoms with Crippen LogP contribution in [-0.2, 0) is 5.41 Å². The van der Waals surface area contributed by atoms with Crippen molar-refractivity contribution in [3.8, 4) is 5.75 Å². The van der Waals surface area contributed by atoms with E-state index in [1.807, 2.05) is 0 Å². The predicted octanol–water partition coefficient (Wildman–Crippen LogP) is 2.92. The van der Waals surface area contributed by atoms with Crippen LogP contribution in [0.5, 0.6) is 5.75 Å². The molecule has 1 atom stereocenters. The lowest BCUT2D eigenvalue weighted by atomic mass is 9.86. The van der Waals surface area contributed by atoms with Crippen LogP contribution in [0.2, 0.25) is 0 Å². The quantitative estimate of drug-likeness (QED) is 0.910. The standard InChI is InChI=1S/C16H26N2O/c1-12-11-18(9-5-8-17)14-10-13(16(2,3)4)6-7-15(14)19-12/h6-7,10,12H,5,8-9,11,17H2,1-4H3. The van der Waals surface area contributed by atoms with Crippen LogP contribution in [0.1, 0.15) is 39.7 Å². The molecule has 3 heteroatoms. The Balaban J connectivity index is 2.33. The molecule has 106 valence electrons. The first-order chi connectivity index (χ1) is 8.91. The van der Waals surface area contributed by atoms with Gasteiger partial charge in [-0.2, -0.15) is 0 Å². The number of fused-ring (bicyclic) bond motifs is 1. The maximum absolute atomic E-state index is 5.94. The van der Waals surface area contributed by atoms with Crippen LogP contribution in [0.15, 0.2) is 18.2 Å². The maximum atomic E-state index is 5.94. The van der Waals surface area contributed by atoms with E-state index in [0.717, 1.165) is 31.8 Å². The first-order valence-corrected chi connectivity index (χ1v) is 7.18. The number of rotatable bonds is 3. The first-order valence-electron chi connectivity index (χ1n) is 7.18. The van der Waals surface area contributed by atoms with Crippen LogP contribution in [0.4, 0.5) is 5.69 Å². The number of hydrogen-bond acceptors (Lipinski definition) is 3. The van der Waals surface area contributed by atoms with Gasteiger partial charge in [-0.3, -0.25) is 0 Å². The van der Waals surface area contributed by atoms with Crippen molar-refractivity contribution in [2.75, 3.05) is 24.5 Å². The summed E-state index contributed by atoms with van der Waals surface area (Å²) in [4.78, 5) is 2.41. The van der Waals surface area contributed by atoms with Crippen LogP contribution < -0.4 is 15.4 Å². The molecule has 0 saturated heterocycles. The Labute approximate surface area is 116 Å².